The Bertz CT molecular complexity index is 513. The smallest absolute Gasteiger partial charge is 0.207 e. The van der Waals surface area contributed by atoms with E-state index in [1.165, 1.54) is 0 Å². The topological polar surface area (TPSA) is 46.2 Å². The van der Waals surface area contributed by atoms with Gasteiger partial charge < -0.3 is 0 Å². The summed E-state index contributed by atoms with van der Waals surface area (Å²) in [6.07, 6.45) is 5.19. The summed E-state index contributed by atoms with van der Waals surface area (Å²) in [6.45, 7) is 1.83. The van der Waals surface area contributed by atoms with Crippen molar-refractivity contribution >= 4 is 21.8 Å². The minimum absolute atomic E-state index is 0.0737. The van der Waals surface area contributed by atoms with Crippen LogP contribution < -0.4 is 4.72 Å². The van der Waals surface area contributed by atoms with Crippen LogP contribution in [0.5, 0.6) is 0 Å². The lowest BCUT2D eigenvalue weighted by molar-refractivity contribution is 0.554. The lowest BCUT2D eigenvalue weighted by Gasteiger charge is -2.19. The van der Waals surface area contributed by atoms with E-state index in [2.05, 4.69) is 4.72 Å². The van der Waals surface area contributed by atoms with Gasteiger partial charge in [-0.2, -0.15) is 11.8 Å². The largest absolute Gasteiger partial charge is 0.241 e. The van der Waals surface area contributed by atoms with Crippen molar-refractivity contribution in [3.8, 4) is 0 Å². The zero-order valence-corrected chi connectivity index (χ0v) is 12.4. The maximum atomic E-state index is 12.4. The van der Waals surface area contributed by atoms with Crippen molar-refractivity contribution < 1.29 is 8.42 Å². The standard InChI is InChI=1S/C13H19NO2S2/c1-10-6-3-4-9-13(10)18(15,16)14-11-7-5-8-12(11)17-2/h3-4,6,9,11-12,14H,5,7-8H2,1-2H3. The maximum Gasteiger partial charge on any atom is 0.241 e. The van der Waals surface area contributed by atoms with Crippen LogP contribution in [-0.4, -0.2) is 26.0 Å². The van der Waals surface area contributed by atoms with Crippen LogP contribution in [0.25, 0.3) is 0 Å². The fraction of sp³-hybridized carbons (Fsp3) is 0.538. The second kappa shape index (κ2) is 5.63. The Hall–Kier alpha value is -0.520. The summed E-state index contributed by atoms with van der Waals surface area (Å²) in [4.78, 5) is 0.400. The van der Waals surface area contributed by atoms with Crippen molar-refractivity contribution in [3.05, 3.63) is 29.8 Å². The molecule has 1 aromatic rings. The lowest BCUT2D eigenvalue weighted by Crippen LogP contribution is -2.38. The molecule has 0 bridgehead atoms. The molecule has 5 heteroatoms. The zero-order valence-electron chi connectivity index (χ0n) is 10.7. The minimum Gasteiger partial charge on any atom is -0.207 e. The first-order chi connectivity index (χ1) is 8.54. The third kappa shape index (κ3) is 2.90. The normalized spacial score (nSPS) is 24.3. The van der Waals surface area contributed by atoms with Gasteiger partial charge in [-0.05, 0) is 37.7 Å². The molecule has 18 heavy (non-hydrogen) atoms. The van der Waals surface area contributed by atoms with Crippen molar-refractivity contribution in [1.29, 1.82) is 0 Å². The SMILES string of the molecule is CSC1CCCC1NS(=O)(=O)c1ccccc1C. The van der Waals surface area contributed by atoms with Crippen molar-refractivity contribution in [3.63, 3.8) is 0 Å². The zero-order chi connectivity index (χ0) is 13.2. The van der Waals surface area contributed by atoms with E-state index in [1.54, 1.807) is 23.9 Å². The Balaban J connectivity index is 2.20. The molecule has 0 amide bonds. The monoisotopic (exact) mass is 285 g/mol. The number of hydrogen-bond donors (Lipinski definition) is 1. The highest BCUT2D eigenvalue weighted by Gasteiger charge is 2.31. The second-order valence-electron chi connectivity index (χ2n) is 4.70. The number of rotatable bonds is 4. The van der Waals surface area contributed by atoms with Crippen LogP contribution in [0.1, 0.15) is 24.8 Å². The molecule has 0 aliphatic heterocycles. The number of sulfonamides is 1. The predicted octanol–water partition coefficient (Wildman–Crippen LogP) is 2.56. The Labute approximate surface area is 113 Å². The summed E-state index contributed by atoms with van der Waals surface area (Å²) in [5.41, 5.74) is 0.795. The Kier molecular flexibility index (Phi) is 4.35. The van der Waals surface area contributed by atoms with Crippen LogP contribution in [0.4, 0.5) is 0 Å². The van der Waals surface area contributed by atoms with Gasteiger partial charge in [0, 0.05) is 11.3 Å². The first-order valence-corrected chi connectivity index (χ1v) is 8.92. The summed E-state index contributed by atoms with van der Waals surface area (Å²) >= 11 is 1.75. The van der Waals surface area contributed by atoms with Gasteiger partial charge in [-0.3, -0.25) is 0 Å². The van der Waals surface area contributed by atoms with Crippen molar-refractivity contribution in [1.82, 2.24) is 4.72 Å². The molecular weight excluding hydrogens is 266 g/mol. The first kappa shape index (κ1) is 13.9. The quantitative estimate of drug-likeness (QED) is 0.925. The molecular formula is C13H19NO2S2. The van der Waals surface area contributed by atoms with Crippen molar-refractivity contribution in [2.75, 3.05) is 6.26 Å². The van der Waals surface area contributed by atoms with Crippen molar-refractivity contribution in [2.24, 2.45) is 0 Å². The van der Waals surface area contributed by atoms with Gasteiger partial charge in [-0.15, -0.1) is 0 Å². The number of hydrogen-bond acceptors (Lipinski definition) is 3. The van der Waals surface area contributed by atoms with Gasteiger partial charge in [0.2, 0.25) is 10.0 Å². The second-order valence-corrected chi connectivity index (χ2v) is 7.46. The molecule has 1 saturated carbocycles. The molecule has 0 heterocycles. The average molecular weight is 285 g/mol. The van der Waals surface area contributed by atoms with Crippen LogP contribution in [0.2, 0.25) is 0 Å². The Morgan fingerprint density at radius 3 is 2.67 bits per heavy atom. The molecule has 1 aliphatic carbocycles. The van der Waals surface area contributed by atoms with E-state index < -0.39 is 10.0 Å². The van der Waals surface area contributed by atoms with Crippen LogP contribution in [-0.2, 0) is 10.0 Å². The van der Waals surface area contributed by atoms with E-state index in [-0.39, 0.29) is 6.04 Å². The summed E-state index contributed by atoms with van der Waals surface area (Å²) < 4.78 is 27.6. The summed E-state index contributed by atoms with van der Waals surface area (Å²) in [5, 5.41) is 0.406. The van der Waals surface area contributed by atoms with E-state index in [0.717, 1.165) is 24.8 Å². The molecule has 0 aromatic heterocycles. The summed E-state index contributed by atoms with van der Waals surface area (Å²) in [7, 11) is -3.38. The van der Waals surface area contributed by atoms with Crippen molar-refractivity contribution in [2.45, 2.75) is 42.4 Å². The molecule has 2 atom stereocenters. The van der Waals surface area contributed by atoms with Crippen LogP contribution in [0.15, 0.2) is 29.2 Å². The Morgan fingerprint density at radius 2 is 2.00 bits per heavy atom. The third-order valence-corrected chi connectivity index (χ3v) is 6.26. The minimum atomic E-state index is -3.38. The van der Waals surface area contributed by atoms with E-state index in [9.17, 15) is 8.42 Å². The highest BCUT2D eigenvalue weighted by atomic mass is 32.2. The van der Waals surface area contributed by atoms with Gasteiger partial charge in [0.15, 0.2) is 0 Å². The summed E-state index contributed by atoms with van der Waals surface area (Å²) in [6, 6.07) is 7.19. The molecule has 1 aliphatic rings. The lowest BCUT2D eigenvalue weighted by atomic mass is 10.2. The predicted molar refractivity (Wildman–Crippen MR) is 76.4 cm³/mol. The van der Waals surface area contributed by atoms with Gasteiger partial charge in [0.05, 0.1) is 4.90 Å². The molecule has 2 rings (SSSR count). The number of nitrogens with one attached hydrogen (secondary N) is 1. The molecule has 0 spiro atoms. The number of benzene rings is 1. The van der Waals surface area contributed by atoms with Gasteiger partial charge >= 0.3 is 0 Å². The maximum absolute atomic E-state index is 12.4. The molecule has 1 fully saturated rings. The van der Waals surface area contributed by atoms with E-state index in [0.29, 0.717) is 10.1 Å². The van der Waals surface area contributed by atoms with Gasteiger partial charge in [0.25, 0.3) is 0 Å². The van der Waals surface area contributed by atoms with E-state index >= 15 is 0 Å². The molecule has 0 radical (unpaired) electrons. The first-order valence-electron chi connectivity index (χ1n) is 6.15. The Morgan fingerprint density at radius 1 is 1.28 bits per heavy atom. The fourth-order valence-electron chi connectivity index (χ4n) is 2.46. The van der Waals surface area contributed by atoms with E-state index in [1.807, 2.05) is 25.3 Å². The molecule has 2 unspecified atom stereocenters. The molecule has 3 nitrogen and oxygen atoms in total. The van der Waals surface area contributed by atoms with Gasteiger partial charge in [-0.25, -0.2) is 13.1 Å². The highest BCUT2D eigenvalue weighted by Crippen LogP contribution is 2.29. The van der Waals surface area contributed by atoms with Gasteiger partial charge in [0.1, 0.15) is 0 Å². The fourth-order valence-corrected chi connectivity index (χ4v) is 5.04. The van der Waals surface area contributed by atoms with Crippen LogP contribution >= 0.6 is 11.8 Å². The number of aryl methyl sites for hydroxylation is 1. The summed E-state index contributed by atoms with van der Waals surface area (Å²) in [5.74, 6) is 0. The third-order valence-electron chi connectivity index (χ3n) is 3.44. The van der Waals surface area contributed by atoms with E-state index in [4.69, 9.17) is 0 Å². The molecule has 0 saturated heterocycles. The van der Waals surface area contributed by atoms with Gasteiger partial charge in [-0.1, -0.05) is 24.6 Å². The molecule has 100 valence electrons. The van der Waals surface area contributed by atoms with Crippen LogP contribution in [0.3, 0.4) is 0 Å². The number of thioether (sulfide) groups is 1. The molecule has 1 aromatic carbocycles. The highest BCUT2D eigenvalue weighted by molar-refractivity contribution is 7.99. The average Bonchev–Trinajstić information content (AvgIpc) is 2.76. The molecule has 1 N–H and O–H groups in total. The van der Waals surface area contributed by atoms with Crippen LogP contribution in [0, 0.1) is 6.92 Å².